The minimum absolute atomic E-state index is 0.497. The number of hydrogen-bond donors (Lipinski definition) is 1. The Labute approximate surface area is 106 Å². The minimum atomic E-state index is 0.497. The fourth-order valence-corrected chi connectivity index (χ4v) is 2.44. The van der Waals surface area contributed by atoms with Gasteiger partial charge in [0.2, 0.25) is 0 Å². The van der Waals surface area contributed by atoms with Crippen molar-refractivity contribution in [3.63, 3.8) is 0 Å². The molecule has 2 aromatic rings. The molecule has 1 N–H and O–H groups in total. The molecule has 0 radical (unpaired) electrons. The van der Waals surface area contributed by atoms with Crippen molar-refractivity contribution >= 4 is 11.3 Å². The lowest BCUT2D eigenvalue weighted by molar-refractivity contribution is 0.593. The van der Waals surface area contributed by atoms with E-state index < -0.39 is 0 Å². The second-order valence-corrected chi connectivity index (χ2v) is 5.45. The number of hydrogen-bond acceptors (Lipinski definition) is 4. The minimum Gasteiger partial charge on any atom is -0.310 e. The van der Waals surface area contributed by atoms with Gasteiger partial charge in [0.25, 0.3) is 0 Å². The number of rotatable bonds is 4. The molecule has 0 aromatic carbocycles. The maximum Gasteiger partial charge on any atom is 0.142 e. The van der Waals surface area contributed by atoms with E-state index in [-0.39, 0.29) is 0 Å². The SMILES string of the molecule is Cc1cccnc1-c1ncc(CNC(C)C)s1. The van der Waals surface area contributed by atoms with E-state index in [0.717, 1.165) is 17.2 Å². The summed E-state index contributed by atoms with van der Waals surface area (Å²) in [6.45, 7) is 7.23. The number of nitrogens with zero attached hydrogens (tertiary/aromatic N) is 2. The molecular weight excluding hydrogens is 230 g/mol. The Balaban J connectivity index is 2.16. The molecule has 0 aliphatic heterocycles. The van der Waals surface area contributed by atoms with Gasteiger partial charge in [-0.05, 0) is 18.6 Å². The highest BCUT2D eigenvalue weighted by Gasteiger charge is 2.08. The quantitative estimate of drug-likeness (QED) is 0.902. The van der Waals surface area contributed by atoms with Crippen molar-refractivity contribution in [1.29, 1.82) is 0 Å². The van der Waals surface area contributed by atoms with E-state index >= 15 is 0 Å². The van der Waals surface area contributed by atoms with Crippen LogP contribution in [-0.2, 0) is 6.54 Å². The molecule has 0 atom stereocenters. The Bertz CT molecular complexity index is 491. The van der Waals surface area contributed by atoms with Gasteiger partial charge in [0.1, 0.15) is 10.7 Å². The summed E-state index contributed by atoms with van der Waals surface area (Å²) in [5.41, 5.74) is 2.17. The Hall–Kier alpha value is -1.26. The highest BCUT2D eigenvalue weighted by Crippen LogP contribution is 2.25. The highest BCUT2D eigenvalue weighted by atomic mass is 32.1. The predicted molar refractivity (Wildman–Crippen MR) is 72.1 cm³/mol. The predicted octanol–water partition coefficient (Wildman–Crippen LogP) is 3.01. The lowest BCUT2D eigenvalue weighted by Gasteiger charge is -2.04. The van der Waals surface area contributed by atoms with Crippen LogP contribution in [0.3, 0.4) is 0 Å². The van der Waals surface area contributed by atoms with Crippen molar-refractivity contribution in [2.24, 2.45) is 0 Å². The molecule has 0 aliphatic carbocycles. The van der Waals surface area contributed by atoms with Crippen molar-refractivity contribution in [2.45, 2.75) is 33.4 Å². The zero-order valence-corrected chi connectivity index (χ0v) is 11.2. The number of nitrogens with one attached hydrogen (secondary N) is 1. The van der Waals surface area contributed by atoms with Gasteiger partial charge in [-0.15, -0.1) is 11.3 Å². The van der Waals surface area contributed by atoms with Crippen LogP contribution in [0.5, 0.6) is 0 Å². The molecule has 0 bridgehead atoms. The Morgan fingerprint density at radius 2 is 2.18 bits per heavy atom. The molecule has 90 valence electrons. The summed E-state index contributed by atoms with van der Waals surface area (Å²) in [5, 5.41) is 4.39. The molecular formula is C13H17N3S. The summed E-state index contributed by atoms with van der Waals surface area (Å²) in [6, 6.07) is 4.51. The van der Waals surface area contributed by atoms with Crippen molar-refractivity contribution in [3.05, 3.63) is 35.0 Å². The van der Waals surface area contributed by atoms with E-state index in [0.29, 0.717) is 6.04 Å². The topological polar surface area (TPSA) is 37.8 Å². The van der Waals surface area contributed by atoms with E-state index in [4.69, 9.17) is 0 Å². The van der Waals surface area contributed by atoms with Gasteiger partial charge in [-0.1, -0.05) is 19.9 Å². The normalized spacial score (nSPS) is 11.1. The van der Waals surface area contributed by atoms with Crippen molar-refractivity contribution in [2.75, 3.05) is 0 Å². The molecule has 0 amide bonds. The molecule has 0 unspecified atom stereocenters. The Morgan fingerprint density at radius 3 is 2.88 bits per heavy atom. The van der Waals surface area contributed by atoms with Gasteiger partial charge in [-0.3, -0.25) is 4.98 Å². The molecule has 17 heavy (non-hydrogen) atoms. The summed E-state index contributed by atoms with van der Waals surface area (Å²) in [5.74, 6) is 0. The average Bonchev–Trinajstić information content (AvgIpc) is 2.75. The third kappa shape index (κ3) is 3.11. The van der Waals surface area contributed by atoms with Gasteiger partial charge in [0, 0.05) is 29.9 Å². The summed E-state index contributed by atoms with van der Waals surface area (Å²) in [6.07, 6.45) is 3.75. The van der Waals surface area contributed by atoms with E-state index in [1.54, 1.807) is 11.3 Å². The zero-order chi connectivity index (χ0) is 12.3. The van der Waals surface area contributed by atoms with Crippen LogP contribution >= 0.6 is 11.3 Å². The second kappa shape index (κ2) is 5.38. The molecule has 0 spiro atoms. The fraction of sp³-hybridized carbons (Fsp3) is 0.385. The maximum absolute atomic E-state index is 4.44. The third-order valence-electron chi connectivity index (χ3n) is 2.45. The maximum atomic E-state index is 4.44. The molecule has 2 aromatic heterocycles. The van der Waals surface area contributed by atoms with Crippen LogP contribution in [-0.4, -0.2) is 16.0 Å². The van der Waals surface area contributed by atoms with Crippen molar-refractivity contribution in [3.8, 4) is 10.7 Å². The smallest absolute Gasteiger partial charge is 0.142 e. The van der Waals surface area contributed by atoms with Crippen LogP contribution in [0.2, 0.25) is 0 Å². The first-order valence-corrected chi connectivity index (χ1v) is 6.58. The van der Waals surface area contributed by atoms with Crippen LogP contribution < -0.4 is 5.32 Å². The van der Waals surface area contributed by atoms with Crippen LogP contribution in [0.15, 0.2) is 24.5 Å². The van der Waals surface area contributed by atoms with Gasteiger partial charge in [0.15, 0.2) is 0 Å². The van der Waals surface area contributed by atoms with Crippen LogP contribution in [0.4, 0.5) is 0 Å². The lowest BCUT2D eigenvalue weighted by Crippen LogP contribution is -2.21. The van der Waals surface area contributed by atoms with E-state index in [1.165, 1.54) is 10.4 Å². The Morgan fingerprint density at radius 1 is 1.35 bits per heavy atom. The molecule has 4 heteroatoms. The van der Waals surface area contributed by atoms with E-state index in [2.05, 4.69) is 42.1 Å². The lowest BCUT2D eigenvalue weighted by atomic mass is 10.2. The standard InChI is InChI=1S/C13H17N3S/c1-9(2)15-7-11-8-16-13(17-11)12-10(3)5-4-6-14-12/h4-6,8-9,15H,7H2,1-3H3. The van der Waals surface area contributed by atoms with Crippen LogP contribution in [0.1, 0.15) is 24.3 Å². The first-order valence-electron chi connectivity index (χ1n) is 5.77. The van der Waals surface area contributed by atoms with Crippen molar-refractivity contribution < 1.29 is 0 Å². The average molecular weight is 247 g/mol. The first-order chi connectivity index (χ1) is 8.16. The number of thiazole rings is 1. The summed E-state index contributed by atoms with van der Waals surface area (Å²) >= 11 is 1.71. The zero-order valence-electron chi connectivity index (χ0n) is 10.4. The molecule has 3 nitrogen and oxygen atoms in total. The van der Waals surface area contributed by atoms with Gasteiger partial charge in [-0.2, -0.15) is 0 Å². The molecule has 2 rings (SSSR count). The van der Waals surface area contributed by atoms with Gasteiger partial charge < -0.3 is 5.32 Å². The molecule has 0 saturated heterocycles. The first kappa shape index (κ1) is 12.2. The number of pyridine rings is 1. The highest BCUT2D eigenvalue weighted by molar-refractivity contribution is 7.15. The molecule has 0 fully saturated rings. The van der Waals surface area contributed by atoms with Gasteiger partial charge >= 0.3 is 0 Å². The van der Waals surface area contributed by atoms with E-state index in [9.17, 15) is 0 Å². The summed E-state index contributed by atoms with van der Waals surface area (Å²) < 4.78 is 0. The van der Waals surface area contributed by atoms with Gasteiger partial charge in [0.05, 0.1) is 0 Å². The van der Waals surface area contributed by atoms with Crippen LogP contribution in [0.25, 0.3) is 10.7 Å². The fourth-order valence-electron chi connectivity index (χ4n) is 1.51. The Kier molecular flexibility index (Phi) is 3.86. The summed E-state index contributed by atoms with van der Waals surface area (Å²) in [4.78, 5) is 10.1. The third-order valence-corrected chi connectivity index (χ3v) is 3.45. The second-order valence-electron chi connectivity index (χ2n) is 4.34. The van der Waals surface area contributed by atoms with Crippen molar-refractivity contribution in [1.82, 2.24) is 15.3 Å². The monoisotopic (exact) mass is 247 g/mol. The largest absolute Gasteiger partial charge is 0.310 e. The number of aryl methyl sites for hydroxylation is 1. The molecule has 0 saturated carbocycles. The molecule has 0 aliphatic rings. The summed E-state index contributed by atoms with van der Waals surface area (Å²) in [7, 11) is 0. The number of aromatic nitrogens is 2. The van der Waals surface area contributed by atoms with E-state index in [1.807, 2.05) is 18.5 Å². The molecule has 2 heterocycles. The van der Waals surface area contributed by atoms with Crippen LogP contribution in [0, 0.1) is 6.92 Å². The van der Waals surface area contributed by atoms with Gasteiger partial charge in [-0.25, -0.2) is 4.98 Å².